The standard InChI is InChI=1S/C14H29NO2/c1-6-11(2)12(3)13(17)15-9-7-8-14(4,5)10-16/h11-12,16H,6-10H2,1-5H3,(H,15,17). The van der Waals surface area contributed by atoms with Crippen molar-refractivity contribution in [2.24, 2.45) is 17.3 Å². The van der Waals surface area contributed by atoms with Gasteiger partial charge in [-0.2, -0.15) is 0 Å². The fourth-order valence-electron chi connectivity index (χ4n) is 1.63. The predicted molar refractivity (Wildman–Crippen MR) is 71.7 cm³/mol. The van der Waals surface area contributed by atoms with Crippen LogP contribution in [0.15, 0.2) is 0 Å². The minimum Gasteiger partial charge on any atom is -0.396 e. The first-order chi connectivity index (χ1) is 7.84. The molecule has 3 heteroatoms. The molecule has 1 amide bonds. The van der Waals surface area contributed by atoms with Gasteiger partial charge in [-0.15, -0.1) is 0 Å². The molecular formula is C14H29NO2. The zero-order valence-corrected chi connectivity index (χ0v) is 12.0. The van der Waals surface area contributed by atoms with Gasteiger partial charge in [-0.3, -0.25) is 4.79 Å². The first kappa shape index (κ1) is 16.4. The van der Waals surface area contributed by atoms with E-state index < -0.39 is 0 Å². The summed E-state index contributed by atoms with van der Waals surface area (Å²) in [5.41, 5.74) is -0.0347. The number of carbonyl (C=O) groups excluding carboxylic acids is 1. The Kier molecular flexibility index (Phi) is 7.44. The lowest BCUT2D eigenvalue weighted by Gasteiger charge is -2.22. The van der Waals surface area contributed by atoms with Gasteiger partial charge in [0, 0.05) is 19.1 Å². The number of hydrogen-bond acceptors (Lipinski definition) is 2. The molecule has 3 nitrogen and oxygen atoms in total. The molecule has 2 unspecified atom stereocenters. The van der Waals surface area contributed by atoms with E-state index in [0.29, 0.717) is 12.5 Å². The van der Waals surface area contributed by atoms with Crippen LogP contribution in [-0.2, 0) is 4.79 Å². The molecule has 102 valence electrons. The second-order valence-corrected chi connectivity index (χ2v) is 5.89. The predicted octanol–water partition coefficient (Wildman–Crippen LogP) is 2.58. The van der Waals surface area contributed by atoms with Crippen molar-refractivity contribution in [3.05, 3.63) is 0 Å². The second-order valence-electron chi connectivity index (χ2n) is 5.89. The van der Waals surface area contributed by atoms with Gasteiger partial charge in [0.05, 0.1) is 0 Å². The average Bonchev–Trinajstić information content (AvgIpc) is 2.32. The van der Waals surface area contributed by atoms with E-state index in [4.69, 9.17) is 5.11 Å². The highest BCUT2D eigenvalue weighted by molar-refractivity contribution is 5.78. The SMILES string of the molecule is CCC(C)C(C)C(=O)NCCCC(C)(C)CO. The number of hydrogen-bond donors (Lipinski definition) is 2. The van der Waals surface area contributed by atoms with E-state index in [9.17, 15) is 4.79 Å². The molecule has 0 aliphatic rings. The van der Waals surface area contributed by atoms with Crippen LogP contribution in [0.1, 0.15) is 53.9 Å². The van der Waals surface area contributed by atoms with Gasteiger partial charge < -0.3 is 10.4 Å². The summed E-state index contributed by atoms with van der Waals surface area (Å²) in [5.74, 6) is 0.677. The Labute approximate surface area is 106 Å². The van der Waals surface area contributed by atoms with Gasteiger partial charge in [0.2, 0.25) is 5.91 Å². The summed E-state index contributed by atoms with van der Waals surface area (Å²) in [6.45, 7) is 11.2. The Morgan fingerprint density at radius 2 is 1.94 bits per heavy atom. The fraction of sp³-hybridized carbons (Fsp3) is 0.929. The molecule has 0 bridgehead atoms. The highest BCUT2D eigenvalue weighted by Crippen LogP contribution is 2.20. The Balaban J connectivity index is 3.79. The minimum absolute atomic E-state index is 0.0347. The maximum Gasteiger partial charge on any atom is 0.223 e. The lowest BCUT2D eigenvalue weighted by Crippen LogP contribution is -2.33. The van der Waals surface area contributed by atoms with Gasteiger partial charge in [-0.1, -0.05) is 41.0 Å². The zero-order chi connectivity index (χ0) is 13.5. The number of carbonyl (C=O) groups is 1. The molecule has 0 aromatic carbocycles. The first-order valence-corrected chi connectivity index (χ1v) is 6.72. The second kappa shape index (κ2) is 7.70. The summed E-state index contributed by atoms with van der Waals surface area (Å²) < 4.78 is 0. The van der Waals surface area contributed by atoms with E-state index in [2.05, 4.69) is 19.2 Å². The Morgan fingerprint density at radius 3 is 2.41 bits per heavy atom. The van der Waals surface area contributed by atoms with Crippen LogP contribution in [-0.4, -0.2) is 24.2 Å². The third-order valence-electron chi connectivity index (χ3n) is 3.67. The number of aliphatic hydroxyl groups excluding tert-OH is 1. The first-order valence-electron chi connectivity index (χ1n) is 6.72. The highest BCUT2D eigenvalue weighted by atomic mass is 16.3. The van der Waals surface area contributed by atoms with Crippen LogP contribution in [0.2, 0.25) is 0 Å². The van der Waals surface area contributed by atoms with Gasteiger partial charge >= 0.3 is 0 Å². The van der Waals surface area contributed by atoms with Gasteiger partial charge in [0.1, 0.15) is 0 Å². The Hall–Kier alpha value is -0.570. The van der Waals surface area contributed by atoms with Crippen molar-refractivity contribution >= 4 is 5.91 Å². The molecule has 0 fully saturated rings. The maximum atomic E-state index is 11.8. The molecule has 0 aromatic rings. The van der Waals surface area contributed by atoms with Gasteiger partial charge in [0.15, 0.2) is 0 Å². The monoisotopic (exact) mass is 243 g/mol. The van der Waals surface area contributed by atoms with Crippen molar-refractivity contribution in [3.8, 4) is 0 Å². The van der Waals surface area contributed by atoms with E-state index in [0.717, 1.165) is 19.3 Å². The van der Waals surface area contributed by atoms with Crippen LogP contribution in [0.5, 0.6) is 0 Å². The van der Waals surface area contributed by atoms with Crippen LogP contribution in [0.4, 0.5) is 0 Å². The smallest absolute Gasteiger partial charge is 0.223 e. The third kappa shape index (κ3) is 6.67. The molecule has 2 N–H and O–H groups in total. The van der Waals surface area contributed by atoms with Crippen LogP contribution < -0.4 is 5.32 Å². The molecule has 0 rings (SSSR count). The van der Waals surface area contributed by atoms with Crippen molar-refractivity contribution in [2.45, 2.75) is 53.9 Å². The molecule has 0 heterocycles. The van der Waals surface area contributed by atoms with Crippen molar-refractivity contribution in [2.75, 3.05) is 13.2 Å². The van der Waals surface area contributed by atoms with Gasteiger partial charge in [-0.05, 0) is 24.2 Å². The third-order valence-corrected chi connectivity index (χ3v) is 3.67. The van der Waals surface area contributed by atoms with E-state index in [-0.39, 0.29) is 23.8 Å². The van der Waals surface area contributed by atoms with Crippen LogP contribution >= 0.6 is 0 Å². The van der Waals surface area contributed by atoms with E-state index >= 15 is 0 Å². The van der Waals surface area contributed by atoms with E-state index in [1.54, 1.807) is 0 Å². The largest absolute Gasteiger partial charge is 0.396 e. The summed E-state index contributed by atoms with van der Waals surface area (Å²) in [6, 6.07) is 0. The van der Waals surface area contributed by atoms with Crippen molar-refractivity contribution in [1.82, 2.24) is 5.32 Å². The number of nitrogens with one attached hydrogen (secondary N) is 1. The van der Waals surface area contributed by atoms with E-state index in [1.165, 1.54) is 0 Å². The van der Waals surface area contributed by atoms with Crippen molar-refractivity contribution in [3.63, 3.8) is 0 Å². The molecule has 0 saturated heterocycles. The molecule has 2 atom stereocenters. The van der Waals surface area contributed by atoms with Crippen molar-refractivity contribution in [1.29, 1.82) is 0 Å². The van der Waals surface area contributed by atoms with E-state index in [1.807, 2.05) is 20.8 Å². The Morgan fingerprint density at radius 1 is 1.35 bits per heavy atom. The number of rotatable bonds is 8. The minimum atomic E-state index is -0.0347. The average molecular weight is 243 g/mol. The summed E-state index contributed by atoms with van der Waals surface area (Å²) in [6.07, 6.45) is 2.89. The molecule has 0 aliphatic carbocycles. The lowest BCUT2D eigenvalue weighted by atomic mass is 9.89. The van der Waals surface area contributed by atoms with Crippen LogP contribution in [0.25, 0.3) is 0 Å². The normalized spacial score (nSPS) is 15.4. The summed E-state index contributed by atoms with van der Waals surface area (Å²) >= 11 is 0. The van der Waals surface area contributed by atoms with Crippen LogP contribution in [0.3, 0.4) is 0 Å². The van der Waals surface area contributed by atoms with Gasteiger partial charge in [-0.25, -0.2) is 0 Å². The quantitative estimate of drug-likeness (QED) is 0.644. The summed E-state index contributed by atoms with van der Waals surface area (Å²) in [7, 11) is 0. The van der Waals surface area contributed by atoms with Crippen LogP contribution in [0, 0.1) is 17.3 Å². The molecule has 0 radical (unpaired) electrons. The topological polar surface area (TPSA) is 49.3 Å². The fourth-order valence-corrected chi connectivity index (χ4v) is 1.63. The Bertz CT molecular complexity index is 226. The molecular weight excluding hydrogens is 214 g/mol. The van der Waals surface area contributed by atoms with Gasteiger partial charge in [0.25, 0.3) is 0 Å². The maximum absolute atomic E-state index is 11.8. The number of amides is 1. The zero-order valence-electron chi connectivity index (χ0n) is 12.0. The lowest BCUT2D eigenvalue weighted by molar-refractivity contribution is -0.125. The number of aliphatic hydroxyl groups is 1. The van der Waals surface area contributed by atoms with Crippen molar-refractivity contribution < 1.29 is 9.90 Å². The molecule has 0 spiro atoms. The summed E-state index contributed by atoms with van der Waals surface area (Å²) in [5, 5.41) is 12.1. The molecule has 0 aromatic heterocycles. The highest BCUT2D eigenvalue weighted by Gasteiger charge is 2.19. The molecule has 17 heavy (non-hydrogen) atoms. The summed E-state index contributed by atoms with van der Waals surface area (Å²) in [4.78, 5) is 11.8. The molecule has 0 saturated carbocycles. The molecule has 0 aliphatic heterocycles.